The van der Waals surface area contributed by atoms with E-state index in [1.165, 1.54) is 0 Å². The second-order valence-corrected chi connectivity index (χ2v) is 4.62. The second kappa shape index (κ2) is 9.29. The van der Waals surface area contributed by atoms with Gasteiger partial charge in [0, 0.05) is 0 Å². The van der Waals surface area contributed by atoms with E-state index in [1.807, 2.05) is 7.06 Å². The van der Waals surface area contributed by atoms with E-state index in [-0.39, 0.29) is 20.5 Å². The molecule has 61 valence electrons. The van der Waals surface area contributed by atoms with Crippen molar-refractivity contribution in [1.29, 1.82) is 0 Å². The van der Waals surface area contributed by atoms with Gasteiger partial charge in [-0.15, -0.1) is 0 Å². The number of hydrogen-bond acceptors (Lipinski definition) is 0. The summed E-state index contributed by atoms with van der Waals surface area (Å²) in [6.07, 6.45) is -4.63. The van der Waals surface area contributed by atoms with Crippen LogP contribution in [0.5, 0.6) is 0 Å². The first kappa shape index (κ1) is 20.2. The maximum atomic E-state index is 6.13. The Kier molecular flexibility index (Phi) is 9.90. The van der Waals surface area contributed by atoms with Crippen molar-refractivity contribution in [3.05, 3.63) is 0 Å². The lowest BCUT2D eigenvalue weighted by Gasteiger charge is -2.42. The highest BCUT2D eigenvalue weighted by Crippen LogP contribution is 2.04. The molecule has 0 saturated carbocycles. The zero-order valence-corrected chi connectivity index (χ0v) is 10.4. The van der Waals surface area contributed by atoms with Crippen LogP contribution in [0.4, 0.5) is 0 Å². The fourth-order valence-electron chi connectivity index (χ4n) is 2.31. The molecule has 19 heteroatoms. The average Bonchev–Trinajstić information content (AvgIpc) is 2.24. The molecule has 0 atom stereocenters. The molecule has 0 nitrogen and oxygen atoms in total. The predicted molar refractivity (Wildman–Crippen MR) is 114 cm³/mol. The Labute approximate surface area is 135 Å². The van der Waals surface area contributed by atoms with E-state index in [9.17, 15) is 0 Å². The van der Waals surface area contributed by atoms with Gasteiger partial charge in [0.15, 0.2) is 0 Å². The molecule has 0 amide bonds. The highest BCUT2D eigenvalue weighted by molar-refractivity contribution is 8.18. The van der Waals surface area contributed by atoms with Crippen LogP contribution in [0, 0.1) is 0 Å². The number of rotatable bonds is 8. The summed E-state index contributed by atoms with van der Waals surface area (Å²) in [6, 6.07) is 0. The fraction of sp³-hybridized carbons (Fsp3) is 0. The summed E-state index contributed by atoms with van der Waals surface area (Å²) in [5, 5.41) is 0. The Morgan fingerprint density at radius 2 is 0.789 bits per heavy atom. The maximum Gasteiger partial charge on any atom is -0.0000000126 e. The largest absolute Gasteiger partial charge is 0.158 e. The van der Waals surface area contributed by atoms with E-state index < -0.39 is 38.3 Å². The molecule has 0 aromatic heterocycles. The van der Waals surface area contributed by atoms with Crippen LogP contribution in [0.1, 0.15) is 0 Å². The van der Waals surface area contributed by atoms with Crippen LogP contribution in [0.3, 0.4) is 0 Å². The van der Waals surface area contributed by atoms with Gasteiger partial charge in [0.25, 0.3) is 0 Å². The molecule has 0 fully saturated rings. The molecular weight excluding hydrogens is 205 g/mol. The average molecular weight is 208 g/mol. The second-order valence-electron chi connectivity index (χ2n) is 4.62. The summed E-state index contributed by atoms with van der Waals surface area (Å²) in [4.78, 5) is 0. The van der Waals surface area contributed by atoms with Gasteiger partial charge < -0.3 is 0 Å². The Balaban J connectivity index is 5.50. The zero-order chi connectivity index (χ0) is 15.3. The summed E-state index contributed by atoms with van der Waals surface area (Å²) in [5.41, 5.74) is 0. The maximum absolute atomic E-state index is 6.13. The Morgan fingerprint density at radius 1 is 0.526 bits per heavy atom. The van der Waals surface area contributed by atoms with E-state index >= 15 is 0 Å². The van der Waals surface area contributed by atoms with Crippen LogP contribution >= 0.6 is 0 Å². The van der Waals surface area contributed by atoms with Crippen LogP contribution in [0.2, 0.25) is 0 Å². The predicted octanol–water partition coefficient (Wildman–Crippen LogP) is -8.04. The molecule has 0 rings (SSSR count). The molecule has 0 heterocycles. The summed E-state index contributed by atoms with van der Waals surface area (Å²) in [5.74, 6) is 0. The van der Waals surface area contributed by atoms with Gasteiger partial charge in [0.1, 0.15) is 0 Å². The number of hydrogen-bond donors (Lipinski definition) is 0. The van der Waals surface area contributed by atoms with Crippen molar-refractivity contribution < 1.29 is 0 Å². The van der Waals surface area contributed by atoms with E-state index in [1.54, 1.807) is 0 Å². The molecule has 0 aliphatic heterocycles. The summed E-state index contributed by atoms with van der Waals surface area (Å²) in [7, 11) is 54.3. The van der Waals surface area contributed by atoms with E-state index in [2.05, 4.69) is 0 Å². The third kappa shape index (κ3) is 5.86. The van der Waals surface area contributed by atoms with Gasteiger partial charge >= 0.3 is 0 Å². The van der Waals surface area contributed by atoms with Crippen molar-refractivity contribution in [2.45, 2.75) is 0 Å². The highest BCUT2D eigenvalue weighted by atomic mass is 13.2. The quantitative estimate of drug-likeness (QED) is 0.348. The van der Waals surface area contributed by atoms with Gasteiger partial charge in [-0.05, 0) is 121 Å². The lowest BCUT2D eigenvalue weighted by molar-refractivity contribution is 3.34. The van der Waals surface area contributed by atoms with Crippen LogP contribution in [0.15, 0.2) is 0 Å². The molecule has 0 aromatic carbocycles. The van der Waals surface area contributed by atoms with Crippen molar-refractivity contribution in [3.8, 4) is 0 Å². The van der Waals surface area contributed by atoms with Crippen molar-refractivity contribution in [2.24, 2.45) is 0 Å². The lowest BCUT2D eigenvalue weighted by Crippen LogP contribution is -2.79. The summed E-state index contributed by atoms with van der Waals surface area (Å²) >= 11 is 0. The fourth-order valence-corrected chi connectivity index (χ4v) is 2.31. The molecule has 0 unspecified atom stereocenters. The first-order valence-electron chi connectivity index (χ1n) is 5.67. The monoisotopic (exact) mass is 212 g/mol. The van der Waals surface area contributed by atoms with Gasteiger partial charge in [-0.2, -0.15) is 7.06 Å². The smallest absolute Gasteiger partial charge is 0.0000000126 e. The molecule has 19 heavy (non-hydrogen) atoms. The van der Waals surface area contributed by atoms with Crippen LogP contribution < -0.4 is 0 Å². The van der Waals surface area contributed by atoms with Crippen molar-refractivity contribution in [2.75, 3.05) is 0 Å². The SMILES string of the molecule is [B]B([B])B(B([B])[B])B(B([B])[B][BH3-])B(B([B])[B])B([B])[B]. The third-order valence-electron chi connectivity index (χ3n) is 3.11. The first-order chi connectivity index (χ1) is 8.64. The summed E-state index contributed by atoms with van der Waals surface area (Å²) in [6.45, 7) is 0. The molecule has 0 saturated heterocycles. The van der Waals surface area contributed by atoms with Gasteiger partial charge in [-0.1, -0.05) is 7.74 Å². The van der Waals surface area contributed by atoms with Crippen LogP contribution in [-0.4, -0.2) is 136 Å². The van der Waals surface area contributed by atoms with Crippen molar-refractivity contribution in [1.82, 2.24) is 0 Å². The lowest BCUT2D eigenvalue weighted by atomic mass is 8.40. The summed E-state index contributed by atoms with van der Waals surface area (Å²) < 4.78 is 0. The molecular formula is H3B19-. The first-order valence-corrected chi connectivity index (χ1v) is 5.67. The van der Waals surface area contributed by atoms with Crippen molar-refractivity contribution >= 4 is 136 Å². The van der Waals surface area contributed by atoms with E-state index in [0.717, 1.165) is 0 Å². The van der Waals surface area contributed by atoms with Crippen LogP contribution in [0.25, 0.3) is 0 Å². The standard InChI is InChI=1S/B19H3/c1-11-16(10)19(17(12(2)3)13(4)5)18(14(6)7)15(8)9/h1H3/q-1. The minimum atomic E-state index is -0.754. The molecule has 0 aliphatic rings. The van der Waals surface area contributed by atoms with E-state index in [4.69, 9.17) is 69.6 Å². The Hall–Kier alpha value is 1.23. The van der Waals surface area contributed by atoms with Crippen LogP contribution in [-0.2, 0) is 0 Å². The van der Waals surface area contributed by atoms with Crippen molar-refractivity contribution in [3.63, 3.8) is 0 Å². The van der Waals surface area contributed by atoms with Gasteiger partial charge in [0.2, 0.25) is 0 Å². The molecule has 0 aliphatic carbocycles. The van der Waals surface area contributed by atoms with Gasteiger partial charge in [-0.3, -0.25) is 0 Å². The normalized spacial score (nSPS) is 9.11. The molecule has 0 aromatic rings. The molecule has 0 N–H and O–H groups in total. The van der Waals surface area contributed by atoms with Gasteiger partial charge in [0.05, 0.1) is 0 Å². The molecule has 19 radical (unpaired) electrons. The Bertz CT molecular complexity index is 188. The minimum Gasteiger partial charge on any atom is -0.158 e. The third-order valence-corrected chi connectivity index (χ3v) is 3.11. The molecule has 0 bridgehead atoms. The van der Waals surface area contributed by atoms with E-state index in [0.29, 0.717) is 0 Å². The van der Waals surface area contributed by atoms with Gasteiger partial charge in [-0.25, -0.2) is 0 Å². The zero-order valence-electron chi connectivity index (χ0n) is 10.4. The minimum absolute atomic E-state index is 0.0489. The Morgan fingerprint density at radius 3 is 0.947 bits per heavy atom. The topological polar surface area (TPSA) is 0 Å². The highest BCUT2D eigenvalue weighted by Gasteiger charge is 2.41. The molecule has 0 spiro atoms.